The molecule has 1 aromatic rings. The first-order valence-electron chi connectivity index (χ1n) is 6.32. The highest BCUT2D eigenvalue weighted by atomic mass is 19.4. The minimum absolute atomic E-state index is 0.172. The molecule has 4 nitrogen and oxygen atoms in total. The first-order valence-corrected chi connectivity index (χ1v) is 6.32. The van der Waals surface area contributed by atoms with E-state index in [1.807, 2.05) is 0 Å². The molecule has 0 aliphatic rings. The molecule has 0 amide bonds. The largest absolute Gasteiger partial charge is 0.499 e. The highest BCUT2D eigenvalue weighted by Gasteiger charge is 2.61. The highest BCUT2D eigenvalue weighted by Crippen LogP contribution is 2.37. The average molecular weight is 329 g/mol. The average Bonchev–Trinajstić information content (AvgIpc) is 2.43. The zero-order valence-corrected chi connectivity index (χ0v) is 11.6. The molecule has 0 aliphatic heterocycles. The molecule has 0 aromatic heterocycles. The van der Waals surface area contributed by atoms with Crippen molar-refractivity contribution >= 4 is 0 Å². The van der Waals surface area contributed by atoms with E-state index in [0.717, 1.165) is 24.3 Å². The lowest BCUT2D eigenvalue weighted by Crippen LogP contribution is -2.41. The van der Waals surface area contributed by atoms with Crippen LogP contribution in [0.1, 0.15) is 18.1 Å². The van der Waals surface area contributed by atoms with Gasteiger partial charge in [0, 0.05) is 0 Å². The number of benzene rings is 1. The van der Waals surface area contributed by atoms with E-state index in [0.29, 0.717) is 6.54 Å². The molecule has 0 spiro atoms. The summed E-state index contributed by atoms with van der Waals surface area (Å²) in [5, 5.41) is 22.3. The maximum absolute atomic E-state index is 12.7. The molecule has 0 heterocycles. The molecule has 0 radical (unpaired) electrons. The van der Waals surface area contributed by atoms with Crippen molar-refractivity contribution in [2.45, 2.75) is 30.9 Å². The van der Waals surface area contributed by atoms with Crippen LogP contribution in [0.3, 0.4) is 0 Å². The van der Waals surface area contributed by atoms with Gasteiger partial charge in [-0.25, -0.2) is 0 Å². The number of alkyl halides is 5. The number of nitrogens with one attached hydrogen (secondary N) is 1. The SMILES string of the molecule is CNCCC(O)C(O)c1ccc(OC(F)(F)C(F)(F)F)cc1. The summed E-state index contributed by atoms with van der Waals surface area (Å²) in [6, 6.07) is 3.94. The fraction of sp³-hybridized carbons (Fsp3) is 0.538. The zero-order valence-electron chi connectivity index (χ0n) is 11.6. The van der Waals surface area contributed by atoms with Crippen LogP contribution >= 0.6 is 0 Å². The van der Waals surface area contributed by atoms with E-state index in [9.17, 15) is 32.2 Å². The summed E-state index contributed by atoms with van der Waals surface area (Å²) in [6.45, 7) is 0.442. The molecule has 2 atom stereocenters. The molecule has 0 saturated carbocycles. The van der Waals surface area contributed by atoms with Gasteiger partial charge in [-0.1, -0.05) is 12.1 Å². The Morgan fingerprint density at radius 2 is 1.64 bits per heavy atom. The molecule has 0 aliphatic carbocycles. The number of aliphatic hydroxyl groups is 2. The van der Waals surface area contributed by atoms with E-state index in [-0.39, 0.29) is 12.0 Å². The van der Waals surface area contributed by atoms with Gasteiger partial charge in [0.25, 0.3) is 0 Å². The lowest BCUT2D eigenvalue weighted by molar-refractivity contribution is -0.360. The lowest BCUT2D eigenvalue weighted by atomic mass is 10.0. The number of rotatable bonds is 7. The van der Waals surface area contributed by atoms with E-state index in [2.05, 4.69) is 10.1 Å². The molecule has 2 unspecified atom stereocenters. The predicted octanol–water partition coefficient (Wildman–Crippen LogP) is 2.22. The van der Waals surface area contributed by atoms with Crippen molar-refractivity contribution in [3.8, 4) is 5.75 Å². The predicted molar refractivity (Wildman–Crippen MR) is 67.6 cm³/mol. The number of ether oxygens (including phenoxy) is 1. The van der Waals surface area contributed by atoms with Gasteiger partial charge in [-0.3, -0.25) is 0 Å². The summed E-state index contributed by atoms with van der Waals surface area (Å²) in [4.78, 5) is 0. The molecule has 0 fully saturated rings. The van der Waals surface area contributed by atoms with Crippen LogP contribution in [0, 0.1) is 0 Å². The van der Waals surface area contributed by atoms with Gasteiger partial charge < -0.3 is 20.3 Å². The Hall–Kier alpha value is -1.45. The van der Waals surface area contributed by atoms with E-state index in [1.54, 1.807) is 7.05 Å². The summed E-state index contributed by atoms with van der Waals surface area (Å²) in [6.07, 6.45) is -13.3. The molecule has 0 saturated heterocycles. The second-order valence-electron chi connectivity index (χ2n) is 4.59. The third-order valence-corrected chi connectivity index (χ3v) is 2.85. The fourth-order valence-corrected chi connectivity index (χ4v) is 1.61. The Bertz CT molecular complexity index is 464. The molecule has 126 valence electrons. The maximum Gasteiger partial charge on any atom is 0.499 e. The number of hydrogen-bond donors (Lipinski definition) is 3. The smallest absolute Gasteiger partial charge is 0.426 e. The van der Waals surface area contributed by atoms with Crippen LogP contribution in [-0.4, -0.2) is 42.2 Å². The summed E-state index contributed by atoms with van der Waals surface area (Å²) in [5.41, 5.74) is 0.172. The number of hydrogen-bond acceptors (Lipinski definition) is 4. The van der Waals surface area contributed by atoms with Gasteiger partial charge in [0.15, 0.2) is 0 Å². The maximum atomic E-state index is 12.7. The number of halogens is 5. The van der Waals surface area contributed by atoms with Gasteiger partial charge in [-0.15, -0.1) is 0 Å². The normalized spacial score (nSPS) is 15.5. The fourth-order valence-electron chi connectivity index (χ4n) is 1.61. The van der Waals surface area contributed by atoms with Crippen molar-refractivity contribution < 1.29 is 36.9 Å². The molecule has 1 rings (SSSR count). The van der Waals surface area contributed by atoms with Crippen molar-refractivity contribution in [3.63, 3.8) is 0 Å². The summed E-state index contributed by atoms with van der Waals surface area (Å²) in [7, 11) is 1.66. The summed E-state index contributed by atoms with van der Waals surface area (Å²) < 4.78 is 65.0. The zero-order chi connectivity index (χ0) is 17.0. The lowest BCUT2D eigenvalue weighted by Gasteiger charge is -2.21. The third-order valence-electron chi connectivity index (χ3n) is 2.85. The first-order chi connectivity index (χ1) is 10.1. The standard InChI is InChI=1S/C13H16F5NO3/c1-19-7-6-10(20)11(21)8-2-4-9(5-3-8)22-13(17,18)12(14,15)16/h2-5,10-11,19-21H,6-7H2,1H3. The molecule has 9 heteroatoms. The van der Waals surface area contributed by atoms with Gasteiger partial charge >= 0.3 is 12.3 Å². The number of aliphatic hydroxyl groups excluding tert-OH is 2. The van der Waals surface area contributed by atoms with Crippen LogP contribution in [-0.2, 0) is 0 Å². The van der Waals surface area contributed by atoms with Gasteiger partial charge in [0.2, 0.25) is 0 Å². The topological polar surface area (TPSA) is 61.7 Å². The van der Waals surface area contributed by atoms with Gasteiger partial charge in [-0.2, -0.15) is 22.0 Å². The van der Waals surface area contributed by atoms with Crippen molar-refractivity contribution in [2.24, 2.45) is 0 Å². The Morgan fingerprint density at radius 1 is 1.09 bits per heavy atom. The molecular weight excluding hydrogens is 313 g/mol. The third kappa shape index (κ3) is 4.79. The Balaban J connectivity index is 2.74. The Labute approximate surface area is 123 Å². The van der Waals surface area contributed by atoms with E-state index in [1.165, 1.54) is 0 Å². The minimum Gasteiger partial charge on any atom is -0.426 e. The molecule has 3 N–H and O–H groups in total. The van der Waals surface area contributed by atoms with Crippen molar-refractivity contribution in [3.05, 3.63) is 29.8 Å². The Morgan fingerprint density at radius 3 is 2.09 bits per heavy atom. The molecule has 0 bridgehead atoms. The molecular formula is C13H16F5NO3. The minimum atomic E-state index is -5.82. The van der Waals surface area contributed by atoms with Gasteiger partial charge in [0.1, 0.15) is 11.9 Å². The molecule has 22 heavy (non-hydrogen) atoms. The Kier molecular flexibility index (Phi) is 6.09. The van der Waals surface area contributed by atoms with Crippen LogP contribution in [0.25, 0.3) is 0 Å². The van der Waals surface area contributed by atoms with Crippen molar-refractivity contribution in [1.29, 1.82) is 0 Å². The first kappa shape index (κ1) is 18.6. The summed E-state index contributed by atoms with van der Waals surface area (Å²) >= 11 is 0. The van der Waals surface area contributed by atoms with Crippen LogP contribution in [0.15, 0.2) is 24.3 Å². The van der Waals surface area contributed by atoms with Crippen LogP contribution in [0.2, 0.25) is 0 Å². The quantitative estimate of drug-likeness (QED) is 0.672. The van der Waals surface area contributed by atoms with E-state index in [4.69, 9.17) is 0 Å². The monoisotopic (exact) mass is 329 g/mol. The van der Waals surface area contributed by atoms with Crippen LogP contribution < -0.4 is 10.1 Å². The van der Waals surface area contributed by atoms with Crippen LogP contribution in [0.5, 0.6) is 5.75 Å². The van der Waals surface area contributed by atoms with Gasteiger partial charge in [-0.05, 0) is 37.7 Å². The van der Waals surface area contributed by atoms with Crippen LogP contribution in [0.4, 0.5) is 22.0 Å². The van der Waals surface area contributed by atoms with Crippen molar-refractivity contribution in [2.75, 3.05) is 13.6 Å². The molecule has 1 aromatic carbocycles. The van der Waals surface area contributed by atoms with E-state index < -0.39 is 30.2 Å². The second-order valence-corrected chi connectivity index (χ2v) is 4.59. The summed E-state index contributed by atoms with van der Waals surface area (Å²) in [5.74, 6) is -0.706. The highest BCUT2D eigenvalue weighted by molar-refractivity contribution is 5.29. The van der Waals surface area contributed by atoms with Crippen molar-refractivity contribution in [1.82, 2.24) is 5.32 Å². The van der Waals surface area contributed by atoms with E-state index >= 15 is 0 Å². The van der Waals surface area contributed by atoms with Gasteiger partial charge in [0.05, 0.1) is 6.10 Å². The second kappa shape index (κ2) is 7.21.